The number of fused-ring (bicyclic) bond motifs is 3. The van der Waals surface area contributed by atoms with Crippen molar-refractivity contribution in [2.45, 2.75) is 44.8 Å². The summed E-state index contributed by atoms with van der Waals surface area (Å²) in [6.07, 6.45) is 2.11. The van der Waals surface area contributed by atoms with Crippen LogP contribution < -0.4 is 0 Å². The van der Waals surface area contributed by atoms with E-state index in [-0.39, 0.29) is 0 Å². The van der Waals surface area contributed by atoms with E-state index in [9.17, 15) is 0 Å². The van der Waals surface area contributed by atoms with E-state index in [1.807, 2.05) is 0 Å². The molecular formula is C11H22N2O. The van der Waals surface area contributed by atoms with Crippen LogP contribution >= 0.6 is 0 Å². The maximum absolute atomic E-state index is 8.85. The molecule has 0 radical (unpaired) electrons. The van der Waals surface area contributed by atoms with Crippen LogP contribution in [0.1, 0.15) is 26.7 Å². The monoisotopic (exact) mass is 198 g/mol. The Balaban J connectivity index is 1.96. The molecule has 1 N–H and O–H groups in total. The largest absolute Gasteiger partial charge is 0.396 e. The first-order valence-electron chi connectivity index (χ1n) is 5.84. The average molecular weight is 198 g/mol. The molecule has 3 aliphatic heterocycles. The summed E-state index contributed by atoms with van der Waals surface area (Å²) in [4.78, 5) is 5.24. The van der Waals surface area contributed by atoms with Gasteiger partial charge in [-0.1, -0.05) is 0 Å². The fourth-order valence-corrected chi connectivity index (χ4v) is 2.97. The zero-order chi connectivity index (χ0) is 10.1. The molecule has 3 saturated heterocycles. The number of rotatable bonds is 3. The van der Waals surface area contributed by atoms with Gasteiger partial charge in [-0.05, 0) is 26.7 Å². The lowest BCUT2D eigenvalue weighted by Gasteiger charge is -2.55. The maximum atomic E-state index is 8.85. The molecule has 14 heavy (non-hydrogen) atoms. The summed E-state index contributed by atoms with van der Waals surface area (Å²) in [6.45, 7) is 8.68. The molecule has 82 valence electrons. The van der Waals surface area contributed by atoms with Crippen LogP contribution in [0.25, 0.3) is 0 Å². The number of hydrogen-bond donors (Lipinski definition) is 1. The highest BCUT2D eigenvalue weighted by atomic mass is 16.2. The van der Waals surface area contributed by atoms with E-state index in [1.54, 1.807) is 0 Å². The van der Waals surface area contributed by atoms with Crippen molar-refractivity contribution in [1.29, 1.82) is 0 Å². The molecule has 0 aliphatic carbocycles. The van der Waals surface area contributed by atoms with Crippen molar-refractivity contribution in [1.82, 2.24) is 9.80 Å². The molecule has 0 amide bonds. The Bertz CT molecular complexity index is 196. The van der Waals surface area contributed by atoms with Gasteiger partial charge in [-0.3, -0.25) is 9.80 Å². The van der Waals surface area contributed by atoms with Crippen LogP contribution in [0, 0.1) is 0 Å². The van der Waals surface area contributed by atoms with Gasteiger partial charge in [0.05, 0.1) is 0 Å². The van der Waals surface area contributed by atoms with E-state index in [0.717, 1.165) is 12.8 Å². The fourth-order valence-electron chi connectivity index (χ4n) is 2.97. The Morgan fingerprint density at radius 3 is 2.64 bits per heavy atom. The number of hydrogen-bond acceptors (Lipinski definition) is 3. The first-order valence-corrected chi connectivity index (χ1v) is 5.84. The van der Waals surface area contributed by atoms with Gasteiger partial charge in [-0.15, -0.1) is 0 Å². The highest BCUT2D eigenvalue weighted by molar-refractivity contribution is 4.97. The predicted octanol–water partition coefficient (Wildman–Crippen LogP) is 0.536. The smallest absolute Gasteiger partial charge is 0.0431 e. The van der Waals surface area contributed by atoms with Gasteiger partial charge in [0.25, 0.3) is 0 Å². The number of aliphatic hydroxyl groups is 1. The molecule has 5 unspecified atom stereocenters. The molecule has 3 nitrogen and oxygen atoms in total. The zero-order valence-corrected chi connectivity index (χ0v) is 9.32. The molecule has 3 heterocycles. The van der Waals surface area contributed by atoms with E-state index in [0.29, 0.717) is 24.7 Å². The lowest BCUT2D eigenvalue weighted by Crippen LogP contribution is -2.68. The zero-order valence-electron chi connectivity index (χ0n) is 9.32. The molecule has 0 aromatic rings. The fraction of sp³-hybridized carbons (Fsp3) is 1.00. The summed E-state index contributed by atoms with van der Waals surface area (Å²) in [7, 11) is 0. The second-order valence-corrected chi connectivity index (χ2v) is 4.73. The van der Waals surface area contributed by atoms with E-state index >= 15 is 0 Å². The molecule has 0 spiro atoms. The molecule has 5 atom stereocenters. The first kappa shape index (κ1) is 10.4. The van der Waals surface area contributed by atoms with Gasteiger partial charge in [-0.25, -0.2) is 0 Å². The van der Waals surface area contributed by atoms with Crippen LogP contribution in [0.4, 0.5) is 0 Å². The molecule has 3 aliphatic rings. The van der Waals surface area contributed by atoms with E-state index < -0.39 is 0 Å². The molecule has 0 aromatic carbocycles. The van der Waals surface area contributed by atoms with Crippen molar-refractivity contribution in [2.75, 3.05) is 26.2 Å². The quantitative estimate of drug-likeness (QED) is 0.717. The Kier molecular flexibility index (Phi) is 3.10. The molecular weight excluding hydrogens is 176 g/mol. The first-order chi connectivity index (χ1) is 6.74. The lowest BCUT2D eigenvalue weighted by molar-refractivity contribution is -0.0659. The second-order valence-electron chi connectivity index (χ2n) is 4.73. The minimum Gasteiger partial charge on any atom is -0.396 e. The number of nitrogens with zero attached hydrogens (tertiary/aromatic N) is 2. The van der Waals surface area contributed by atoms with Crippen molar-refractivity contribution in [3.05, 3.63) is 0 Å². The lowest BCUT2D eigenvalue weighted by atomic mass is 9.93. The number of aliphatic hydroxyl groups excluding tert-OH is 1. The van der Waals surface area contributed by atoms with Gasteiger partial charge in [0.1, 0.15) is 0 Å². The molecule has 0 aromatic heterocycles. The number of piperazine rings is 3. The SMILES string of the molecule is CC1C(C)N2CCN1CC2CCCO. The van der Waals surface area contributed by atoms with Crippen molar-refractivity contribution < 1.29 is 5.11 Å². The predicted molar refractivity (Wildman–Crippen MR) is 57.3 cm³/mol. The van der Waals surface area contributed by atoms with Crippen molar-refractivity contribution >= 4 is 0 Å². The van der Waals surface area contributed by atoms with E-state index in [2.05, 4.69) is 23.6 Å². The Hall–Kier alpha value is -0.120. The van der Waals surface area contributed by atoms with Crippen molar-refractivity contribution in [3.8, 4) is 0 Å². The molecule has 3 rings (SSSR count). The highest BCUT2D eigenvalue weighted by Gasteiger charge is 2.40. The minimum absolute atomic E-state index is 0.342. The van der Waals surface area contributed by atoms with Gasteiger partial charge in [0, 0.05) is 44.4 Å². The van der Waals surface area contributed by atoms with Crippen LogP contribution in [0.3, 0.4) is 0 Å². The third-order valence-corrected chi connectivity index (χ3v) is 4.05. The Labute approximate surface area is 86.7 Å². The van der Waals surface area contributed by atoms with Gasteiger partial charge < -0.3 is 5.11 Å². The Morgan fingerprint density at radius 1 is 1.21 bits per heavy atom. The average Bonchev–Trinajstić information content (AvgIpc) is 2.22. The summed E-state index contributed by atoms with van der Waals surface area (Å²) in [5.41, 5.74) is 0. The van der Waals surface area contributed by atoms with Crippen LogP contribution in [-0.4, -0.2) is 59.3 Å². The van der Waals surface area contributed by atoms with Crippen molar-refractivity contribution in [3.63, 3.8) is 0 Å². The summed E-state index contributed by atoms with van der Waals surface area (Å²) in [6, 6.07) is 2.11. The molecule has 2 bridgehead atoms. The topological polar surface area (TPSA) is 26.7 Å². The molecule has 3 fully saturated rings. The maximum Gasteiger partial charge on any atom is 0.0431 e. The van der Waals surface area contributed by atoms with E-state index in [1.165, 1.54) is 19.6 Å². The van der Waals surface area contributed by atoms with Gasteiger partial charge >= 0.3 is 0 Å². The van der Waals surface area contributed by atoms with Gasteiger partial charge in [-0.2, -0.15) is 0 Å². The van der Waals surface area contributed by atoms with Crippen LogP contribution in [0.15, 0.2) is 0 Å². The van der Waals surface area contributed by atoms with Gasteiger partial charge in [0.2, 0.25) is 0 Å². The summed E-state index contributed by atoms with van der Waals surface area (Å²) < 4.78 is 0. The minimum atomic E-state index is 0.342. The summed E-state index contributed by atoms with van der Waals surface area (Å²) in [5, 5.41) is 8.85. The standard InChI is InChI=1S/C11H22N2O/c1-9-10(2)13-6-5-12(9)8-11(13)4-3-7-14/h9-11,14H,3-8H2,1-2H3. The Morgan fingerprint density at radius 2 is 2.00 bits per heavy atom. The van der Waals surface area contributed by atoms with Crippen molar-refractivity contribution in [2.24, 2.45) is 0 Å². The third kappa shape index (κ3) is 1.69. The summed E-state index contributed by atoms with van der Waals surface area (Å²) in [5.74, 6) is 0. The summed E-state index contributed by atoms with van der Waals surface area (Å²) >= 11 is 0. The molecule has 0 saturated carbocycles. The van der Waals surface area contributed by atoms with Crippen LogP contribution in [0.2, 0.25) is 0 Å². The van der Waals surface area contributed by atoms with Crippen LogP contribution in [0.5, 0.6) is 0 Å². The second kappa shape index (κ2) is 4.17. The molecule has 3 heteroatoms. The van der Waals surface area contributed by atoms with Crippen LogP contribution in [-0.2, 0) is 0 Å². The van der Waals surface area contributed by atoms with E-state index in [4.69, 9.17) is 5.11 Å². The normalized spacial score (nSPS) is 46.9. The highest BCUT2D eigenvalue weighted by Crippen LogP contribution is 2.28. The van der Waals surface area contributed by atoms with Gasteiger partial charge in [0.15, 0.2) is 0 Å². The third-order valence-electron chi connectivity index (χ3n) is 4.05.